The quantitative estimate of drug-likeness (QED) is 0.450. The molecule has 2 nitrogen and oxygen atoms in total. The van der Waals surface area contributed by atoms with Gasteiger partial charge in [0.2, 0.25) is 0 Å². The van der Waals surface area contributed by atoms with Crippen LogP contribution in [0.3, 0.4) is 0 Å². The lowest BCUT2D eigenvalue weighted by Gasteiger charge is -1.88. The minimum absolute atomic E-state index is 0.784. The summed E-state index contributed by atoms with van der Waals surface area (Å²) in [6.45, 7) is 0. The highest BCUT2D eigenvalue weighted by molar-refractivity contribution is 6.31. The molecule has 0 aliphatic rings. The number of benzene rings is 2. The first-order valence-electron chi connectivity index (χ1n) is 6.08. The standard InChI is InChI=1S/C8H6ClN.C8H7N/c9-7-1-2-8-6(5-7)3-4-10-8;1-2-4-8-7(3-1)5-6-9-8/h1-5,10H;1-6,9H. The molecule has 0 aliphatic carbocycles. The molecule has 0 saturated carbocycles. The first kappa shape index (κ1) is 11.9. The van der Waals surface area contributed by atoms with E-state index in [1.54, 1.807) is 0 Å². The minimum Gasteiger partial charge on any atom is -0.361 e. The van der Waals surface area contributed by atoms with Gasteiger partial charge in [-0.05, 0) is 41.8 Å². The summed E-state index contributed by atoms with van der Waals surface area (Å²) in [5, 5.41) is 3.22. The summed E-state index contributed by atoms with van der Waals surface area (Å²) in [5.41, 5.74) is 2.34. The largest absolute Gasteiger partial charge is 0.361 e. The van der Waals surface area contributed by atoms with Gasteiger partial charge in [0.15, 0.2) is 0 Å². The molecule has 2 heterocycles. The second-order valence-electron chi connectivity index (χ2n) is 4.27. The number of H-pyrrole nitrogens is 2. The minimum atomic E-state index is 0.784. The highest BCUT2D eigenvalue weighted by Crippen LogP contribution is 2.17. The Morgan fingerprint density at radius 1 is 0.684 bits per heavy atom. The molecule has 94 valence electrons. The van der Waals surface area contributed by atoms with Gasteiger partial charge in [0, 0.05) is 33.8 Å². The average molecular weight is 269 g/mol. The predicted molar refractivity (Wildman–Crippen MR) is 81.6 cm³/mol. The van der Waals surface area contributed by atoms with E-state index >= 15 is 0 Å². The molecule has 19 heavy (non-hydrogen) atoms. The monoisotopic (exact) mass is 268 g/mol. The average Bonchev–Trinajstić information content (AvgIpc) is 3.07. The van der Waals surface area contributed by atoms with E-state index in [9.17, 15) is 0 Å². The summed E-state index contributed by atoms with van der Waals surface area (Å²) >= 11 is 5.76. The molecule has 2 N–H and O–H groups in total. The Labute approximate surface area is 116 Å². The van der Waals surface area contributed by atoms with E-state index in [0.29, 0.717) is 0 Å². The summed E-state index contributed by atoms with van der Waals surface area (Å²) in [5.74, 6) is 0. The molecule has 0 radical (unpaired) electrons. The van der Waals surface area contributed by atoms with Crippen LogP contribution < -0.4 is 0 Å². The third-order valence-electron chi connectivity index (χ3n) is 2.98. The Balaban J connectivity index is 0.000000117. The first-order chi connectivity index (χ1) is 9.33. The Morgan fingerprint density at radius 2 is 1.37 bits per heavy atom. The molecule has 0 aliphatic heterocycles. The van der Waals surface area contributed by atoms with Crippen LogP contribution in [0.2, 0.25) is 5.02 Å². The highest BCUT2D eigenvalue weighted by Gasteiger charge is 1.92. The first-order valence-corrected chi connectivity index (χ1v) is 6.45. The van der Waals surface area contributed by atoms with E-state index in [-0.39, 0.29) is 0 Å². The van der Waals surface area contributed by atoms with E-state index in [1.807, 2.05) is 48.8 Å². The zero-order valence-corrected chi connectivity index (χ0v) is 11.0. The van der Waals surface area contributed by atoms with Crippen molar-refractivity contribution in [3.05, 3.63) is 72.0 Å². The molecule has 3 heteroatoms. The maximum Gasteiger partial charge on any atom is 0.0454 e. The molecule has 2 aromatic carbocycles. The van der Waals surface area contributed by atoms with Crippen molar-refractivity contribution in [2.24, 2.45) is 0 Å². The lowest BCUT2D eigenvalue weighted by Crippen LogP contribution is -1.65. The fourth-order valence-electron chi connectivity index (χ4n) is 2.02. The van der Waals surface area contributed by atoms with E-state index in [4.69, 9.17) is 11.6 Å². The van der Waals surface area contributed by atoms with Gasteiger partial charge in [-0.25, -0.2) is 0 Å². The predicted octanol–water partition coefficient (Wildman–Crippen LogP) is 4.99. The third-order valence-corrected chi connectivity index (χ3v) is 3.21. The molecular formula is C16H13ClN2. The molecule has 0 bridgehead atoms. The SMILES string of the molecule is Clc1ccc2[nH]ccc2c1.c1ccc2[nH]ccc2c1. The number of rotatable bonds is 0. The highest BCUT2D eigenvalue weighted by atomic mass is 35.5. The molecule has 0 saturated heterocycles. The van der Waals surface area contributed by atoms with Crippen LogP contribution in [0.5, 0.6) is 0 Å². The number of aromatic amines is 2. The van der Waals surface area contributed by atoms with Crippen molar-refractivity contribution in [1.82, 2.24) is 9.97 Å². The molecular weight excluding hydrogens is 256 g/mol. The van der Waals surface area contributed by atoms with Gasteiger partial charge in [0.1, 0.15) is 0 Å². The van der Waals surface area contributed by atoms with Crippen LogP contribution in [0.1, 0.15) is 0 Å². The molecule has 0 amide bonds. The van der Waals surface area contributed by atoms with Crippen LogP contribution in [0.25, 0.3) is 21.8 Å². The zero-order chi connectivity index (χ0) is 13.1. The van der Waals surface area contributed by atoms with Crippen molar-refractivity contribution >= 4 is 33.4 Å². The number of halogens is 1. The summed E-state index contributed by atoms with van der Waals surface area (Å²) < 4.78 is 0. The Hall–Kier alpha value is -2.19. The van der Waals surface area contributed by atoms with Crippen molar-refractivity contribution in [3.8, 4) is 0 Å². The van der Waals surface area contributed by atoms with E-state index in [1.165, 1.54) is 10.9 Å². The zero-order valence-electron chi connectivity index (χ0n) is 10.2. The van der Waals surface area contributed by atoms with Crippen LogP contribution in [-0.2, 0) is 0 Å². The number of para-hydroxylation sites is 1. The second-order valence-corrected chi connectivity index (χ2v) is 4.71. The van der Waals surface area contributed by atoms with Gasteiger partial charge in [0.05, 0.1) is 0 Å². The smallest absolute Gasteiger partial charge is 0.0454 e. The molecule has 0 unspecified atom stereocenters. The van der Waals surface area contributed by atoms with E-state index in [2.05, 4.69) is 28.2 Å². The number of nitrogens with one attached hydrogen (secondary N) is 2. The maximum atomic E-state index is 5.76. The molecule has 0 spiro atoms. The van der Waals surface area contributed by atoms with Gasteiger partial charge < -0.3 is 9.97 Å². The molecule has 4 rings (SSSR count). The third kappa shape index (κ3) is 2.64. The molecule has 0 atom stereocenters. The summed E-state index contributed by atoms with van der Waals surface area (Å²) in [6, 6.07) is 18.1. The topological polar surface area (TPSA) is 31.6 Å². The Bertz CT molecular complexity index is 768. The van der Waals surface area contributed by atoms with Crippen molar-refractivity contribution in [2.75, 3.05) is 0 Å². The lowest BCUT2D eigenvalue weighted by molar-refractivity contribution is 1.48. The number of fused-ring (bicyclic) bond motifs is 2. The van der Waals surface area contributed by atoms with Gasteiger partial charge in [-0.15, -0.1) is 0 Å². The van der Waals surface area contributed by atoms with Gasteiger partial charge in [0.25, 0.3) is 0 Å². The van der Waals surface area contributed by atoms with Crippen molar-refractivity contribution in [1.29, 1.82) is 0 Å². The summed E-state index contributed by atoms with van der Waals surface area (Å²) in [4.78, 5) is 6.21. The number of aromatic nitrogens is 2. The van der Waals surface area contributed by atoms with E-state index < -0.39 is 0 Å². The van der Waals surface area contributed by atoms with Gasteiger partial charge in [-0.3, -0.25) is 0 Å². The molecule has 0 fully saturated rings. The maximum absolute atomic E-state index is 5.76. The van der Waals surface area contributed by atoms with Crippen LogP contribution >= 0.6 is 11.6 Å². The van der Waals surface area contributed by atoms with Gasteiger partial charge >= 0.3 is 0 Å². The lowest BCUT2D eigenvalue weighted by atomic mass is 10.2. The number of hydrogen-bond donors (Lipinski definition) is 2. The van der Waals surface area contributed by atoms with Gasteiger partial charge in [-0.2, -0.15) is 0 Å². The Kier molecular flexibility index (Phi) is 3.25. The van der Waals surface area contributed by atoms with Crippen molar-refractivity contribution in [3.63, 3.8) is 0 Å². The molecule has 4 aromatic rings. The van der Waals surface area contributed by atoms with Gasteiger partial charge in [-0.1, -0.05) is 29.8 Å². The van der Waals surface area contributed by atoms with Crippen LogP contribution in [0, 0.1) is 0 Å². The van der Waals surface area contributed by atoms with Crippen LogP contribution in [0.4, 0.5) is 0 Å². The fourth-order valence-corrected chi connectivity index (χ4v) is 2.20. The second kappa shape index (κ2) is 5.21. The molecule has 2 aromatic heterocycles. The van der Waals surface area contributed by atoms with E-state index in [0.717, 1.165) is 15.9 Å². The number of hydrogen-bond acceptors (Lipinski definition) is 0. The fraction of sp³-hybridized carbons (Fsp3) is 0. The van der Waals surface area contributed by atoms with Crippen LogP contribution in [-0.4, -0.2) is 9.97 Å². The summed E-state index contributed by atoms with van der Waals surface area (Å²) in [6.07, 6.45) is 3.85. The Morgan fingerprint density at radius 3 is 2.16 bits per heavy atom. The normalized spacial score (nSPS) is 10.4. The van der Waals surface area contributed by atoms with Crippen LogP contribution in [0.15, 0.2) is 67.0 Å². The van der Waals surface area contributed by atoms with Crippen molar-refractivity contribution in [2.45, 2.75) is 0 Å². The summed E-state index contributed by atoms with van der Waals surface area (Å²) in [7, 11) is 0. The van der Waals surface area contributed by atoms with Crippen molar-refractivity contribution < 1.29 is 0 Å².